The minimum atomic E-state index is -1.64. The van der Waals surface area contributed by atoms with Crippen molar-refractivity contribution in [2.45, 2.75) is 187 Å². The molecule has 3 saturated carbocycles. The van der Waals surface area contributed by atoms with Gasteiger partial charge >= 0.3 is 5.97 Å². The van der Waals surface area contributed by atoms with Crippen molar-refractivity contribution in [2.75, 3.05) is 6.61 Å². The first-order valence-corrected chi connectivity index (χ1v) is 20.3. The van der Waals surface area contributed by atoms with Crippen LogP contribution in [0.15, 0.2) is 11.1 Å². The van der Waals surface area contributed by atoms with Gasteiger partial charge in [-0.25, -0.2) is 0 Å². The van der Waals surface area contributed by atoms with E-state index >= 15 is 0 Å². The van der Waals surface area contributed by atoms with Gasteiger partial charge in [-0.1, -0.05) is 52.7 Å². The molecule has 0 aromatic carbocycles. The molecule has 0 bridgehead atoms. The van der Waals surface area contributed by atoms with Gasteiger partial charge in [-0.3, -0.25) is 4.79 Å². The number of carbonyl (C=O) groups is 1. The predicted octanol–water partition coefficient (Wildman–Crippen LogP) is 3.10. The SMILES string of the molecule is C[C@H]1O[C@@H](O[C@H]2CC[C@]3(C)[C@H]4CCC5=C(CC[C@@]6(C(=O)O[C@@H]7O[C@H](CO)[C@@H](O)[C@H](O)[C@H]7O)CCC(C)(C)C[C@H]56)[C@]4(C)CC[C@H]3C2(C)C)[C@H](O)[C@@H](O)[C@@H]1O. The minimum absolute atomic E-state index is 0.0190. The molecule has 7 aliphatic rings. The van der Waals surface area contributed by atoms with Crippen molar-refractivity contribution in [3.63, 3.8) is 0 Å². The lowest BCUT2D eigenvalue weighted by atomic mass is 9.38. The monoisotopic (exact) mass is 750 g/mol. The lowest BCUT2D eigenvalue weighted by Crippen LogP contribution is -2.63. The third-order valence-electron chi connectivity index (χ3n) is 16.3. The van der Waals surface area contributed by atoms with Crippen molar-refractivity contribution in [1.82, 2.24) is 0 Å². The lowest BCUT2D eigenvalue weighted by molar-refractivity contribution is -0.323. The minimum Gasteiger partial charge on any atom is -0.432 e. The molecule has 0 aromatic heterocycles. The topological polar surface area (TPSA) is 196 Å². The van der Waals surface area contributed by atoms with E-state index in [0.717, 1.165) is 57.8 Å². The molecule has 0 aromatic rings. The molecule has 2 saturated heterocycles. The van der Waals surface area contributed by atoms with Crippen LogP contribution < -0.4 is 0 Å². The number of carbonyl (C=O) groups excluding carboxylic acids is 1. The first kappa shape index (κ1) is 40.0. The first-order valence-electron chi connectivity index (χ1n) is 20.3. The molecular weight excluding hydrogens is 684 g/mol. The number of rotatable bonds is 5. The van der Waals surface area contributed by atoms with Gasteiger partial charge in [0.2, 0.25) is 6.29 Å². The number of aliphatic hydroxyl groups is 7. The molecule has 7 N–H and O–H groups in total. The Morgan fingerprint density at radius 2 is 1.42 bits per heavy atom. The van der Waals surface area contributed by atoms with E-state index in [9.17, 15) is 40.5 Å². The molecule has 5 fully saturated rings. The van der Waals surface area contributed by atoms with Crippen LogP contribution in [0.3, 0.4) is 0 Å². The summed E-state index contributed by atoms with van der Waals surface area (Å²) >= 11 is 0. The number of aliphatic hydroxyl groups excluding tert-OH is 7. The summed E-state index contributed by atoms with van der Waals surface area (Å²) in [4.78, 5) is 14.5. The van der Waals surface area contributed by atoms with Gasteiger partial charge in [0.15, 0.2) is 6.29 Å². The van der Waals surface area contributed by atoms with E-state index in [1.807, 2.05) is 0 Å². The van der Waals surface area contributed by atoms with E-state index in [4.69, 9.17) is 18.9 Å². The van der Waals surface area contributed by atoms with Gasteiger partial charge in [-0.15, -0.1) is 0 Å². The van der Waals surface area contributed by atoms with Crippen LogP contribution in [0.1, 0.15) is 119 Å². The van der Waals surface area contributed by atoms with Gasteiger partial charge in [0.25, 0.3) is 0 Å². The van der Waals surface area contributed by atoms with Crippen LogP contribution in [0.2, 0.25) is 0 Å². The van der Waals surface area contributed by atoms with Crippen LogP contribution in [-0.4, -0.2) is 116 Å². The fourth-order valence-electron chi connectivity index (χ4n) is 13.1. The van der Waals surface area contributed by atoms with Crippen LogP contribution >= 0.6 is 0 Å². The molecule has 0 spiro atoms. The predicted molar refractivity (Wildman–Crippen MR) is 192 cm³/mol. The first-order chi connectivity index (χ1) is 24.7. The van der Waals surface area contributed by atoms with Crippen LogP contribution in [0.4, 0.5) is 0 Å². The third-order valence-corrected chi connectivity index (χ3v) is 16.3. The van der Waals surface area contributed by atoms with Crippen LogP contribution in [-0.2, 0) is 23.7 Å². The molecule has 5 aliphatic carbocycles. The zero-order valence-electron chi connectivity index (χ0n) is 32.7. The summed E-state index contributed by atoms with van der Waals surface area (Å²) < 4.78 is 24.0. The molecule has 0 unspecified atom stereocenters. The standard InChI is InChI=1S/C41H66O12/c1-20-28(43)30(45)32(47)34(50-20)52-27-12-14-40(7)25(38(27,4)5)11-13-39(6)22-10-15-41(17-16-37(2,3)18-23(41)21(22)8-9-26(39)40)36(49)53-35-33(48)31(46)29(44)24(19-42)51-35/h20,23-35,42-48H,8-19H2,1-7H3/t20-,23-,24-,25+,26+,27+,28-,29-,30+,31+,32-,33-,34+,35+,39+,40+,41-/m1/s1. The van der Waals surface area contributed by atoms with E-state index in [-0.39, 0.29) is 33.7 Å². The highest BCUT2D eigenvalue weighted by atomic mass is 16.7. The van der Waals surface area contributed by atoms with Crippen molar-refractivity contribution < 1.29 is 59.5 Å². The summed E-state index contributed by atoms with van der Waals surface area (Å²) in [5.74, 6) is 0.341. The zero-order valence-corrected chi connectivity index (χ0v) is 32.7. The van der Waals surface area contributed by atoms with Gasteiger partial charge in [-0.2, -0.15) is 0 Å². The molecule has 53 heavy (non-hydrogen) atoms. The van der Waals surface area contributed by atoms with Gasteiger partial charge < -0.3 is 54.7 Å². The second-order valence-corrected chi connectivity index (χ2v) is 20.0. The fraction of sp³-hybridized carbons (Fsp3) is 0.927. The van der Waals surface area contributed by atoms with Crippen molar-refractivity contribution in [3.8, 4) is 0 Å². The van der Waals surface area contributed by atoms with Crippen LogP contribution in [0.5, 0.6) is 0 Å². The lowest BCUT2D eigenvalue weighted by Gasteiger charge is -2.67. The number of fused-ring (bicyclic) bond motifs is 6. The molecule has 302 valence electrons. The molecular formula is C41H66O12. The number of hydrogen-bond acceptors (Lipinski definition) is 12. The highest BCUT2D eigenvalue weighted by molar-refractivity contribution is 5.79. The number of allylic oxidation sites excluding steroid dienone is 2. The number of hydrogen-bond donors (Lipinski definition) is 7. The van der Waals surface area contributed by atoms with E-state index in [1.165, 1.54) is 11.1 Å². The smallest absolute Gasteiger partial charge is 0.315 e. The molecule has 12 heteroatoms. The van der Waals surface area contributed by atoms with Gasteiger partial charge in [0.05, 0.1) is 24.2 Å². The highest BCUT2D eigenvalue weighted by Crippen LogP contribution is 2.72. The molecule has 0 amide bonds. The quantitative estimate of drug-likeness (QED) is 0.124. The van der Waals surface area contributed by atoms with Gasteiger partial charge in [0.1, 0.15) is 42.7 Å². The van der Waals surface area contributed by atoms with Crippen molar-refractivity contribution in [2.24, 2.45) is 44.8 Å². The second kappa shape index (κ2) is 13.7. The maximum Gasteiger partial charge on any atom is 0.315 e. The zero-order chi connectivity index (χ0) is 38.6. The third kappa shape index (κ3) is 6.19. The molecule has 7 rings (SSSR count). The Morgan fingerprint density at radius 3 is 2.11 bits per heavy atom. The summed E-state index contributed by atoms with van der Waals surface area (Å²) in [5, 5.41) is 72.7. The largest absolute Gasteiger partial charge is 0.432 e. The van der Waals surface area contributed by atoms with Crippen molar-refractivity contribution >= 4 is 5.97 Å². The average Bonchev–Trinajstić information content (AvgIpc) is 3.10. The Bertz CT molecular complexity index is 1430. The summed E-state index contributed by atoms with van der Waals surface area (Å²) in [6.07, 6.45) is -3.61. The Kier molecular flexibility index (Phi) is 10.4. The van der Waals surface area contributed by atoms with Crippen LogP contribution in [0.25, 0.3) is 0 Å². The summed E-state index contributed by atoms with van der Waals surface area (Å²) in [6, 6.07) is 0. The molecule has 0 radical (unpaired) electrons. The molecule has 17 atom stereocenters. The summed E-state index contributed by atoms with van der Waals surface area (Å²) in [7, 11) is 0. The molecule has 2 aliphatic heterocycles. The molecule has 12 nitrogen and oxygen atoms in total. The maximum atomic E-state index is 14.5. The van der Waals surface area contributed by atoms with Gasteiger partial charge in [0, 0.05) is 0 Å². The number of ether oxygens (including phenoxy) is 4. The average molecular weight is 751 g/mol. The number of esters is 1. The van der Waals surface area contributed by atoms with E-state index in [0.29, 0.717) is 24.7 Å². The Labute approximate surface area is 314 Å². The molecule has 2 heterocycles. The summed E-state index contributed by atoms with van der Waals surface area (Å²) in [5.41, 5.74) is 1.93. The second-order valence-electron chi connectivity index (χ2n) is 20.0. The fourth-order valence-corrected chi connectivity index (χ4v) is 13.1. The summed E-state index contributed by atoms with van der Waals surface area (Å²) in [6.45, 7) is 15.1. The van der Waals surface area contributed by atoms with Crippen molar-refractivity contribution in [1.29, 1.82) is 0 Å². The van der Waals surface area contributed by atoms with E-state index in [2.05, 4.69) is 41.5 Å². The van der Waals surface area contributed by atoms with Gasteiger partial charge in [-0.05, 0) is 117 Å². The van der Waals surface area contributed by atoms with E-state index in [1.54, 1.807) is 6.92 Å². The Morgan fingerprint density at radius 1 is 0.736 bits per heavy atom. The highest BCUT2D eigenvalue weighted by Gasteiger charge is 2.65. The van der Waals surface area contributed by atoms with Crippen LogP contribution in [0, 0.1) is 44.8 Å². The Hall–Kier alpha value is -1.19. The maximum absolute atomic E-state index is 14.5. The Balaban J connectivity index is 1.14. The normalized spacial score (nSPS) is 52.0. The van der Waals surface area contributed by atoms with Crippen molar-refractivity contribution in [3.05, 3.63) is 11.1 Å². The van der Waals surface area contributed by atoms with E-state index < -0.39 is 79.4 Å².